The molecule has 1 saturated heterocycles. The molecule has 3 nitrogen and oxygen atoms in total. The van der Waals surface area contributed by atoms with Crippen LogP contribution in [0.1, 0.15) is 30.1 Å². The number of halogens is 2. The molecule has 18 heavy (non-hydrogen) atoms. The first kappa shape index (κ1) is 13.8. The second-order valence-corrected chi connectivity index (χ2v) is 6.18. The SMILES string of the molecule is CC1(O)CCN(C(=O)c2ccc(Cl)c(Br)c2)CC1. The Bertz CT molecular complexity index is 466. The van der Waals surface area contributed by atoms with E-state index in [1.165, 1.54) is 0 Å². The highest BCUT2D eigenvalue weighted by atomic mass is 79.9. The summed E-state index contributed by atoms with van der Waals surface area (Å²) in [5, 5.41) is 10.5. The van der Waals surface area contributed by atoms with Crippen LogP contribution in [0.3, 0.4) is 0 Å². The number of hydrogen-bond donors (Lipinski definition) is 1. The van der Waals surface area contributed by atoms with Crippen LogP contribution in [0.4, 0.5) is 0 Å². The molecule has 1 aliphatic rings. The Kier molecular flexibility index (Phi) is 3.99. The van der Waals surface area contributed by atoms with E-state index in [-0.39, 0.29) is 5.91 Å². The number of amides is 1. The van der Waals surface area contributed by atoms with Crippen LogP contribution in [0, 0.1) is 0 Å². The Morgan fingerprint density at radius 3 is 2.61 bits per heavy atom. The third kappa shape index (κ3) is 3.05. The van der Waals surface area contributed by atoms with Crippen molar-refractivity contribution in [3.63, 3.8) is 0 Å². The van der Waals surface area contributed by atoms with Crippen LogP contribution < -0.4 is 0 Å². The maximum atomic E-state index is 12.3. The molecule has 98 valence electrons. The number of carbonyl (C=O) groups is 1. The normalized spacial score (nSPS) is 18.8. The number of carbonyl (C=O) groups excluding carboxylic acids is 1. The molecule has 0 bridgehead atoms. The van der Waals surface area contributed by atoms with Crippen LogP contribution in [0.25, 0.3) is 0 Å². The standard InChI is InChI=1S/C13H15BrClNO2/c1-13(18)4-6-16(7-5-13)12(17)9-2-3-11(15)10(14)8-9/h2-3,8,18H,4-7H2,1H3. The first-order valence-electron chi connectivity index (χ1n) is 5.86. The van der Waals surface area contributed by atoms with Gasteiger partial charge < -0.3 is 10.0 Å². The molecule has 0 unspecified atom stereocenters. The fourth-order valence-corrected chi connectivity index (χ4v) is 2.50. The van der Waals surface area contributed by atoms with Crippen LogP contribution in [-0.4, -0.2) is 34.6 Å². The number of aliphatic hydroxyl groups is 1. The largest absolute Gasteiger partial charge is 0.390 e. The molecular weight excluding hydrogens is 318 g/mol. The second-order valence-electron chi connectivity index (χ2n) is 4.92. The van der Waals surface area contributed by atoms with Gasteiger partial charge in [-0.2, -0.15) is 0 Å². The topological polar surface area (TPSA) is 40.5 Å². The highest BCUT2D eigenvalue weighted by molar-refractivity contribution is 9.10. The first-order valence-corrected chi connectivity index (χ1v) is 7.03. The summed E-state index contributed by atoms with van der Waals surface area (Å²) in [6.45, 7) is 2.99. The lowest BCUT2D eigenvalue weighted by Gasteiger charge is -2.35. The number of benzene rings is 1. The molecule has 0 radical (unpaired) electrons. The Morgan fingerprint density at radius 2 is 2.06 bits per heavy atom. The Hall–Kier alpha value is -0.580. The van der Waals surface area contributed by atoms with Crippen LogP contribution in [0.5, 0.6) is 0 Å². The fourth-order valence-electron chi connectivity index (χ4n) is 2.00. The number of hydrogen-bond acceptors (Lipinski definition) is 2. The number of piperidine rings is 1. The van der Waals surface area contributed by atoms with Gasteiger partial charge in [0.2, 0.25) is 0 Å². The van der Waals surface area contributed by atoms with Gasteiger partial charge >= 0.3 is 0 Å². The zero-order chi connectivity index (χ0) is 13.3. The monoisotopic (exact) mass is 331 g/mol. The van der Waals surface area contributed by atoms with E-state index in [9.17, 15) is 9.90 Å². The number of rotatable bonds is 1. The van der Waals surface area contributed by atoms with Crippen LogP contribution in [-0.2, 0) is 0 Å². The van der Waals surface area contributed by atoms with E-state index in [0.717, 1.165) is 4.47 Å². The highest BCUT2D eigenvalue weighted by Gasteiger charge is 2.29. The summed E-state index contributed by atoms with van der Waals surface area (Å²) in [5.41, 5.74) is -0.0232. The zero-order valence-electron chi connectivity index (χ0n) is 10.1. The molecule has 2 rings (SSSR count). The van der Waals surface area contributed by atoms with Crippen LogP contribution in [0.15, 0.2) is 22.7 Å². The van der Waals surface area contributed by atoms with Crippen LogP contribution in [0.2, 0.25) is 5.02 Å². The molecule has 0 saturated carbocycles. The molecule has 0 spiro atoms. The van der Waals surface area contributed by atoms with Gasteiger partial charge in [0.1, 0.15) is 0 Å². The van der Waals surface area contributed by atoms with Gasteiger partial charge in [-0.15, -0.1) is 0 Å². The van der Waals surface area contributed by atoms with Crippen molar-refractivity contribution in [1.29, 1.82) is 0 Å². The average Bonchev–Trinajstić information content (AvgIpc) is 2.32. The van der Waals surface area contributed by atoms with E-state index in [1.807, 2.05) is 6.92 Å². The fraction of sp³-hybridized carbons (Fsp3) is 0.462. The molecule has 1 heterocycles. The van der Waals surface area contributed by atoms with E-state index >= 15 is 0 Å². The summed E-state index contributed by atoms with van der Waals surface area (Å²) >= 11 is 9.22. The predicted octanol–water partition coefficient (Wildman–Crippen LogP) is 3.09. The summed E-state index contributed by atoms with van der Waals surface area (Å²) in [6, 6.07) is 5.17. The molecule has 1 N–H and O–H groups in total. The van der Waals surface area contributed by atoms with Gasteiger partial charge in [0.05, 0.1) is 10.6 Å². The Labute approximate surface area is 120 Å². The van der Waals surface area contributed by atoms with E-state index in [4.69, 9.17) is 11.6 Å². The van der Waals surface area contributed by atoms with Crippen molar-refractivity contribution in [3.05, 3.63) is 33.3 Å². The maximum Gasteiger partial charge on any atom is 0.253 e. The molecule has 1 fully saturated rings. The van der Waals surface area contributed by atoms with Gasteiger partial charge in [-0.05, 0) is 53.9 Å². The van der Waals surface area contributed by atoms with Crippen molar-refractivity contribution in [2.75, 3.05) is 13.1 Å². The minimum atomic E-state index is -0.642. The average molecular weight is 333 g/mol. The van der Waals surface area contributed by atoms with Crippen molar-refractivity contribution in [2.45, 2.75) is 25.4 Å². The third-order valence-corrected chi connectivity index (χ3v) is 4.51. The van der Waals surface area contributed by atoms with Crippen LogP contribution >= 0.6 is 27.5 Å². The molecule has 1 aromatic rings. The second kappa shape index (κ2) is 5.19. The number of likely N-dealkylation sites (tertiary alicyclic amines) is 1. The molecule has 0 atom stereocenters. The first-order chi connectivity index (χ1) is 8.39. The Balaban J connectivity index is 2.10. The lowest BCUT2D eigenvalue weighted by Crippen LogP contribution is -2.45. The molecule has 5 heteroatoms. The van der Waals surface area contributed by atoms with Crippen molar-refractivity contribution >= 4 is 33.4 Å². The number of nitrogens with zero attached hydrogens (tertiary/aromatic N) is 1. The van der Waals surface area contributed by atoms with Gasteiger partial charge in [0.15, 0.2) is 0 Å². The predicted molar refractivity (Wildman–Crippen MR) is 74.9 cm³/mol. The van der Waals surface area contributed by atoms with Crippen molar-refractivity contribution < 1.29 is 9.90 Å². The quantitative estimate of drug-likeness (QED) is 0.858. The van der Waals surface area contributed by atoms with Gasteiger partial charge in [-0.25, -0.2) is 0 Å². The van der Waals surface area contributed by atoms with Crippen molar-refractivity contribution in [3.8, 4) is 0 Å². The lowest BCUT2D eigenvalue weighted by atomic mass is 9.93. The highest BCUT2D eigenvalue weighted by Crippen LogP contribution is 2.26. The molecular formula is C13H15BrClNO2. The third-order valence-electron chi connectivity index (χ3n) is 3.29. The molecule has 1 aromatic carbocycles. The summed E-state index contributed by atoms with van der Waals surface area (Å²) in [5.74, 6) is -0.0112. The molecule has 0 aromatic heterocycles. The van der Waals surface area contributed by atoms with Gasteiger partial charge in [0.25, 0.3) is 5.91 Å². The van der Waals surface area contributed by atoms with Gasteiger partial charge in [-0.3, -0.25) is 4.79 Å². The summed E-state index contributed by atoms with van der Waals surface area (Å²) in [7, 11) is 0. The van der Waals surface area contributed by atoms with E-state index in [0.29, 0.717) is 36.5 Å². The van der Waals surface area contributed by atoms with E-state index in [2.05, 4.69) is 15.9 Å². The minimum Gasteiger partial charge on any atom is -0.390 e. The van der Waals surface area contributed by atoms with Crippen molar-refractivity contribution in [2.24, 2.45) is 0 Å². The molecule has 1 aliphatic heterocycles. The summed E-state index contributed by atoms with van der Waals surface area (Å²) < 4.78 is 0.721. The van der Waals surface area contributed by atoms with Gasteiger partial charge in [-0.1, -0.05) is 11.6 Å². The molecule has 1 amide bonds. The maximum absolute atomic E-state index is 12.3. The van der Waals surface area contributed by atoms with E-state index in [1.54, 1.807) is 23.1 Å². The lowest BCUT2D eigenvalue weighted by molar-refractivity contribution is -0.00202. The minimum absolute atomic E-state index is 0.0112. The summed E-state index contributed by atoms with van der Waals surface area (Å²) in [4.78, 5) is 14.0. The van der Waals surface area contributed by atoms with Gasteiger partial charge in [0, 0.05) is 23.1 Å². The van der Waals surface area contributed by atoms with Crippen molar-refractivity contribution in [1.82, 2.24) is 4.90 Å². The smallest absolute Gasteiger partial charge is 0.253 e. The molecule has 0 aliphatic carbocycles. The Morgan fingerprint density at radius 1 is 1.44 bits per heavy atom. The zero-order valence-corrected chi connectivity index (χ0v) is 12.5. The van der Waals surface area contributed by atoms with E-state index < -0.39 is 5.60 Å². The summed E-state index contributed by atoms with van der Waals surface area (Å²) in [6.07, 6.45) is 1.24.